The molecule has 0 radical (unpaired) electrons. The molecular formula is C12H17N3O4. The zero-order valence-electron chi connectivity index (χ0n) is 10.6. The molecule has 0 saturated heterocycles. The Kier molecular flexibility index (Phi) is 6.31. The molecular weight excluding hydrogens is 250 g/mol. The van der Waals surface area contributed by atoms with Gasteiger partial charge in [0.25, 0.3) is 0 Å². The first-order valence-corrected chi connectivity index (χ1v) is 5.78. The Morgan fingerprint density at radius 1 is 1.42 bits per heavy atom. The molecule has 1 unspecified atom stereocenters. The summed E-state index contributed by atoms with van der Waals surface area (Å²) in [5, 5.41) is 13.8. The monoisotopic (exact) mass is 267 g/mol. The van der Waals surface area contributed by atoms with Crippen molar-refractivity contribution in [3.63, 3.8) is 0 Å². The standard InChI is InChI=1S/C12H17N3O4/c1-19-10(6-11(16)17)8-15-12(18)14-7-9-4-2-3-5-13-9/h2-5,10H,6-8H2,1H3,(H,16,17)(H2,14,15,18). The third-order valence-corrected chi connectivity index (χ3v) is 2.38. The molecule has 1 aromatic rings. The number of rotatable bonds is 7. The molecule has 0 spiro atoms. The van der Waals surface area contributed by atoms with Crippen molar-refractivity contribution in [2.24, 2.45) is 0 Å². The maximum absolute atomic E-state index is 11.5. The number of ether oxygens (including phenoxy) is 1. The predicted octanol–water partition coefficient (Wildman–Crippen LogP) is 0.370. The third kappa shape index (κ3) is 6.37. The Labute approximate surface area is 111 Å². The van der Waals surface area contributed by atoms with E-state index in [1.165, 1.54) is 7.11 Å². The molecule has 1 rings (SSSR count). The minimum Gasteiger partial charge on any atom is -0.481 e. The van der Waals surface area contributed by atoms with Crippen LogP contribution in [0.2, 0.25) is 0 Å². The van der Waals surface area contributed by atoms with Crippen molar-refractivity contribution in [3.05, 3.63) is 30.1 Å². The normalized spacial score (nSPS) is 11.6. The van der Waals surface area contributed by atoms with E-state index in [0.29, 0.717) is 6.54 Å². The van der Waals surface area contributed by atoms with Gasteiger partial charge >= 0.3 is 12.0 Å². The minimum atomic E-state index is -0.970. The SMILES string of the molecule is COC(CNC(=O)NCc1ccccn1)CC(=O)O. The number of methoxy groups -OCH3 is 1. The van der Waals surface area contributed by atoms with Crippen LogP contribution in [0.1, 0.15) is 12.1 Å². The number of hydrogen-bond acceptors (Lipinski definition) is 4. The number of carboxylic acids is 1. The number of pyridine rings is 1. The summed E-state index contributed by atoms with van der Waals surface area (Å²) in [6.45, 7) is 0.445. The second-order valence-corrected chi connectivity index (χ2v) is 3.84. The highest BCUT2D eigenvalue weighted by Gasteiger charge is 2.13. The van der Waals surface area contributed by atoms with E-state index in [1.807, 2.05) is 6.07 Å². The van der Waals surface area contributed by atoms with Crippen molar-refractivity contribution in [2.75, 3.05) is 13.7 Å². The van der Waals surface area contributed by atoms with E-state index < -0.39 is 18.1 Å². The Morgan fingerprint density at radius 3 is 2.79 bits per heavy atom. The average molecular weight is 267 g/mol. The van der Waals surface area contributed by atoms with Gasteiger partial charge in [0.2, 0.25) is 0 Å². The lowest BCUT2D eigenvalue weighted by atomic mass is 10.2. The molecule has 3 N–H and O–H groups in total. The van der Waals surface area contributed by atoms with Crippen LogP contribution in [-0.2, 0) is 16.1 Å². The van der Waals surface area contributed by atoms with Crippen LogP contribution in [0, 0.1) is 0 Å². The zero-order chi connectivity index (χ0) is 14.1. The number of nitrogens with one attached hydrogen (secondary N) is 2. The lowest BCUT2D eigenvalue weighted by molar-refractivity contribution is -0.139. The van der Waals surface area contributed by atoms with Gasteiger partial charge in [-0.05, 0) is 12.1 Å². The number of hydrogen-bond donors (Lipinski definition) is 3. The average Bonchev–Trinajstić information content (AvgIpc) is 2.42. The second kappa shape index (κ2) is 8.04. The Balaban J connectivity index is 2.25. The molecule has 0 aromatic carbocycles. The highest BCUT2D eigenvalue weighted by molar-refractivity contribution is 5.74. The van der Waals surface area contributed by atoms with Crippen molar-refractivity contribution < 1.29 is 19.4 Å². The van der Waals surface area contributed by atoms with Gasteiger partial charge in [-0.25, -0.2) is 4.79 Å². The number of carbonyl (C=O) groups excluding carboxylic acids is 1. The van der Waals surface area contributed by atoms with Crippen molar-refractivity contribution in [1.29, 1.82) is 0 Å². The van der Waals surface area contributed by atoms with Crippen molar-refractivity contribution in [1.82, 2.24) is 15.6 Å². The third-order valence-electron chi connectivity index (χ3n) is 2.38. The summed E-state index contributed by atoms with van der Waals surface area (Å²) in [4.78, 5) is 26.0. The summed E-state index contributed by atoms with van der Waals surface area (Å²) in [7, 11) is 1.40. The molecule has 0 saturated carbocycles. The summed E-state index contributed by atoms with van der Waals surface area (Å²) in [5.74, 6) is -0.970. The van der Waals surface area contributed by atoms with Crippen LogP contribution in [0.25, 0.3) is 0 Å². The zero-order valence-corrected chi connectivity index (χ0v) is 10.6. The fourth-order valence-electron chi connectivity index (χ4n) is 1.38. The van der Waals surface area contributed by atoms with E-state index >= 15 is 0 Å². The van der Waals surface area contributed by atoms with Crippen molar-refractivity contribution in [2.45, 2.75) is 19.1 Å². The number of carboxylic acid groups (broad SMARTS) is 1. The van der Waals surface area contributed by atoms with Gasteiger partial charge in [-0.2, -0.15) is 0 Å². The fraction of sp³-hybridized carbons (Fsp3) is 0.417. The molecule has 104 valence electrons. The van der Waals surface area contributed by atoms with Crippen LogP contribution in [-0.4, -0.2) is 41.8 Å². The first-order chi connectivity index (χ1) is 9.11. The number of carbonyl (C=O) groups is 2. The summed E-state index contributed by atoms with van der Waals surface area (Å²) in [5.41, 5.74) is 0.742. The van der Waals surface area contributed by atoms with Gasteiger partial charge in [-0.3, -0.25) is 9.78 Å². The Hall–Kier alpha value is -2.15. The number of nitrogens with zero attached hydrogens (tertiary/aromatic N) is 1. The van der Waals surface area contributed by atoms with Gasteiger partial charge in [0, 0.05) is 19.9 Å². The molecule has 1 heterocycles. The van der Waals surface area contributed by atoms with E-state index in [9.17, 15) is 9.59 Å². The van der Waals surface area contributed by atoms with E-state index in [1.54, 1.807) is 18.3 Å². The van der Waals surface area contributed by atoms with E-state index in [0.717, 1.165) is 5.69 Å². The first kappa shape index (κ1) is 14.9. The highest BCUT2D eigenvalue weighted by Crippen LogP contribution is 1.95. The van der Waals surface area contributed by atoms with Gasteiger partial charge < -0.3 is 20.5 Å². The maximum Gasteiger partial charge on any atom is 0.315 e. The minimum absolute atomic E-state index is 0.136. The molecule has 2 amide bonds. The molecule has 0 fully saturated rings. The summed E-state index contributed by atoms with van der Waals surface area (Å²) in [6, 6.07) is 5.02. The highest BCUT2D eigenvalue weighted by atomic mass is 16.5. The number of aromatic nitrogens is 1. The maximum atomic E-state index is 11.5. The van der Waals surface area contributed by atoms with Crippen LogP contribution >= 0.6 is 0 Å². The summed E-state index contributed by atoms with van der Waals surface area (Å²) < 4.78 is 4.94. The molecule has 19 heavy (non-hydrogen) atoms. The van der Waals surface area contributed by atoms with E-state index in [4.69, 9.17) is 9.84 Å². The smallest absolute Gasteiger partial charge is 0.315 e. The largest absolute Gasteiger partial charge is 0.481 e. The Bertz CT molecular complexity index is 411. The molecule has 7 heteroatoms. The van der Waals surface area contributed by atoms with Crippen molar-refractivity contribution >= 4 is 12.0 Å². The van der Waals surface area contributed by atoms with Gasteiger partial charge in [-0.15, -0.1) is 0 Å². The quantitative estimate of drug-likeness (QED) is 0.662. The second-order valence-electron chi connectivity index (χ2n) is 3.84. The summed E-state index contributed by atoms with van der Waals surface area (Å²) >= 11 is 0. The lowest BCUT2D eigenvalue weighted by Crippen LogP contribution is -2.40. The van der Waals surface area contributed by atoms with Gasteiger partial charge in [-0.1, -0.05) is 6.07 Å². The van der Waals surface area contributed by atoms with Crippen LogP contribution in [0.5, 0.6) is 0 Å². The number of amides is 2. The molecule has 1 aromatic heterocycles. The molecule has 0 aliphatic rings. The number of urea groups is 1. The Morgan fingerprint density at radius 2 is 2.21 bits per heavy atom. The molecule has 1 atom stereocenters. The molecule has 0 bridgehead atoms. The van der Waals surface area contributed by atoms with Crippen LogP contribution < -0.4 is 10.6 Å². The topological polar surface area (TPSA) is 101 Å². The lowest BCUT2D eigenvalue weighted by Gasteiger charge is -2.14. The van der Waals surface area contributed by atoms with Crippen LogP contribution in [0.3, 0.4) is 0 Å². The molecule has 7 nitrogen and oxygen atoms in total. The van der Waals surface area contributed by atoms with E-state index in [2.05, 4.69) is 15.6 Å². The van der Waals surface area contributed by atoms with Gasteiger partial charge in [0.15, 0.2) is 0 Å². The predicted molar refractivity (Wildman–Crippen MR) is 67.5 cm³/mol. The number of aliphatic carboxylic acids is 1. The van der Waals surface area contributed by atoms with E-state index in [-0.39, 0.29) is 13.0 Å². The molecule has 0 aliphatic carbocycles. The molecule has 0 aliphatic heterocycles. The first-order valence-electron chi connectivity index (χ1n) is 5.78. The summed E-state index contributed by atoms with van der Waals surface area (Å²) in [6.07, 6.45) is 0.942. The van der Waals surface area contributed by atoms with Gasteiger partial charge in [0.1, 0.15) is 0 Å². The fourth-order valence-corrected chi connectivity index (χ4v) is 1.38. The van der Waals surface area contributed by atoms with Crippen molar-refractivity contribution in [3.8, 4) is 0 Å². The van der Waals surface area contributed by atoms with Crippen LogP contribution in [0.15, 0.2) is 24.4 Å². The van der Waals surface area contributed by atoms with Crippen LogP contribution in [0.4, 0.5) is 4.79 Å². The van der Waals surface area contributed by atoms with Gasteiger partial charge in [0.05, 0.1) is 24.8 Å².